The highest BCUT2D eigenvalue weighted by molar-refractivity contribution is 4.89. The van der Waals surface area contributed by atoms with Crippen LogP contribution in [0.5, 0.6) is 0 Å². The first kappa shape index (κ1) is 17.9. The molecule has 0 aromatic heterocycles. The topological polar surface area (TPSA) is 18.5 Å². The minimum absolute atomic E-state index is 0.0981. The first-order chi connectivity index (χ1) is 8.14. The lowest BCUT2D eigenvalue weighted by atomic mass is 9.76. The lowest BCUT2D eigenvalue weighted by Gasteiger charge is -2.43. The van der Waals surface area contributed by atoms with Gasteiger partial charge in [-0.25, -0.2) is 0 Å². The molecular weight excluding hydrogens is 224 g/mol. The summed E-state index contributed by atoms with van der Waals surface area (Å²) in [6, 6.07) is 0. The zero-order valence-corrected chi connectivity index (χ0v) is 13.8. The van der Waals surface area contributed by atoms with Crippen molar-refractivity contribution in [3.8, 4) is 0 Å². The Morgan fingerprint density at radius 2 is 0.944 bits per heavy atom. The Morgan fingerprint density at radius 1 is 0.667 bits per heavy atom. The molecule has 0 aromatic carbocycles. The van der Waals surface area contributed by atoms with Crippen LogP contribution in [0.25, 0.3) is 0 Å². The van der Waals surface area contributed by atoms with Crippen molar-refractivity contribution >= 4 is 0 Å². The normalized spacial score (nSPS) is 16.7. The first-order valence-electron chi connectivity index (χ1n) is 7.37. The van der Waals surface area contributed by atoms with Crippen LogP contribution < -0.4 is 0 Å². The van der Waals surface area contributed by atoms with Crippen molar-refractivity contribution in [1.82, 2.24) is 0 Å². The average Bonchev–Trinajstić information content (AvgIpc) is 2.19. The lowest BCUT2D eigenvalue weighted by Crippen LogP contribution is -2.48. The van der Waals surface area contributed by atoms with Crippen molar-refractivity contribution in [3.63, 3.8) is 0 Å². The molecule has 0 bridgehead atoms. The molecule has 0 aliphatic carbocycles. The summed E-state index contributed by atoms with van der Waals surface area (Å²) in [5.41, 5.74) is 0.196. The molecule has 0 rings (SSSR count). The first-order valence-corrected chi connectivity index (χ1v) is 7.37. The molecule has 2 heteroatoms. The number of hydrogen-bond donors (Lipinski definition) is 0. The van der Waals surface area contributed by atoms with Crippen LogP contribution in [0.4, 0.5) is 0 Å². The molecule has 0 amide bonds. The van der Waals surface area contributed by atoms with E-state index in [9.17, 15) is 0 Å². The van der Waals surface area contributed by atoms with Crippen LogP contribution >= 0.6 is 0 Å². The maximum absolute atomic E-state index is 6.12. The second kappa shape index (κ2) is 7.49. The molecular formula is C16H34O2. The predicted octanol–water partition coefficient (Wildman–Crippen LogP) is 4.67. The van der Waals surface area contributed by atoms with Crippen LogP contribution in [0, 0.1) is 10.8 Å². The molecule has 0 saturated carbocycles. The molecule has 0 aliphatic rings. The molecule has 0 N–H and O–H groups in total. The van der Waals surface area contributed by atoms with E-state index in [1.807, 2.05) is 0 Å². The van der Waals surface area contributed by atoms with E-state index in [0.29, 0.717) is 0 Å². The Labute approximate surface area is 114 Å². The van der Waals surface area contributed by atoms with Gasteiger partial charge >= 0.3 is 0 Å². The minimum Gasteiger partial charge on any atom is -0.375 e. The summed E-state index contributed by atoms with van der Waals surface area (Å²) >= 11 is 0. The fourth-order valence-electron chi connectivity index (χ4n) is 2.07. The molecule has 0 radical (unpaired) electrons. The van der Waals surface area contributed by atoms with Crippen LogP contribution in [0.3, 0.4) is 0 Å². The van der Waals surface area contributed by atoms with E-state index in [1.54, 1.807) is 0 Å². The second-order valence-corrected chi connectivity index (χ2v) is 7.31. The fraction of sp³-hybridized carbons (Fsp3) is 1.00. The van der Waals surface area contributed by atoms with E-state index in [2.05, 4.69) is 55.4 Å². The highest BCUT2D eigenvalue weighted by Crippen LogP contribution is 2.35. The van der Waals surface area contributed by atoms with Crippen molar-refractivity contribution in [3.05, 3.63) is 0 Å². The molecule has 2 atom stereocenters. The van der Waals surface area contributed by atoms with Crippen molar-refractivity contribution in [2.75, 3.05) is 13.2 Å². The molecule has 0 aromatic rings. The summed E-state index contributed by atoms with van der Waals surface area (Å²) in [4.78, 5) is 0. The lowest BCUT2D eigenvalue weighted by molar-refractivity contribution is -0.153. The van der Waals surface area contributed by atoms with Crippen molar-refractivity contribution < 1.29 is 9.47 Å². The van der Waals surface area contributed by atoms with Crippen molar-refractivity contribution in [1.29, 1.82) is 0 Å². The van der Waals surface area contributed by atoms with Crippen molar-refractivity contribution in [2.45, 2.75) is 80.4 Å². The SMILES string of the molecule is CCCOC(C(OCCC)C(C)(C)C)C(C)(C)C. The smallest absolute Gasteiger partial charge is 0.0889 e. The van der Waals surface area contributed by atoms with Gasteiger partial charge < -0.3 is 9.47 Å². The van der Waals surface area contributed by atoms with Gasteiger partial charge in [0.1, 0.15) is 0 Å². The third kappa shape index (κ3) is 6.19. The Morgan fingerprint density at radius 3 is 1.11 bits per heavy atom. The quantitative estimate of drug-likeness (QED) is 0.660. The second-order valence-electron chi connectivity index (χ2n) is 7.31. The van der Waals surface area contributed by atoms with Crippen LogP contribution in [0.1, 0.15) is 68.2 Å². The molecule has 0 saturated heterocycles. The largest absolute Gasteiger partial charge is 0.375 e. The summed E-state index contributed by atoms with van der Waals surface area (Å²) < 4.78 is 12.2. The summed E-state index contributed by atoms with van der Waals surface area (Å²) in [6.45, 7) is 19.3. The molecule has 110 valence electrons. The highest BCUT2D eigenvalue weighted by Gasteiger charge is 2.40. The van der Waals surface area contributed by atoms with Gasteiger partial charge in [0, 0.05) is 13.2 Å². The monoisotopic (exact) mass is 258 g/mol. The van der Waals surface area contributed by atoms with E-state index < -0.39 is 0 Å². The molecule has 0 fully saturated rings. The maximum Gasteiger partial charge on any atom is 0.0889 e. The standard InChI is InChI=1S/C16H34O2/c1-9-11-17-13(15(3,4)5)14(16(6,7)8)18-12-10-2/h13-14H,9-12H2,1-8H3. The number of hydrogen-bond acceptors (Lipinski definition) is 2. The fourth-order valence-corrected chi connectivity index (χ4v) is 2.07. The van der Waals surface area contributed by atoms with Gasteiger partial charge in [0.25, 0.3) is 0 Å². The van der Waals surface area contributed by atoms with Gasteiger partial charge in [-0.15, -0.1) is 0 Å². The minimum atomic E-state index is 0.0981. The van der Waals surface area contributed by atoms with Gasteiger partial charge in [0.2, 0.25) is 0 Å². The van der Waals surface area contributed by atoms with Crippen LogP contribution in [0.15, 0.2) is 0 Å². The molecule has 0 heterocycles. The highest BCUT2D eigenvalue weighted by atomic mass is 16.5. The third-order valence-electron chi connectivity index (χ3n) is 2.99. The predicted molar refractivity (Wildman–Crippen MR) is 79.0 cm³/mol. The van der Waals surface area contributed by atoms with Crippen LogP contribution in [0.2, 0.25) is 0 Å². The van der Waals surface area contributed by atoms with Gasteiger partial charge in [0.15, 0.2) is 0 Å². The van der Waals surface area contributed by atoms with E-state index in [4.69, 9.17) is 9.47 Å². The summed E-state index contributed by atoms with van der Waals surface area (Å²) in [6.07, 6.45) is 2.39. The van der Waals surface area contributed by atoms with Crippen LogP contribution in [-0.2, 0) is 9.47 Å². The molecule has 2 unspecified atom stereocenters. The van der Waals surface area contributed by atoms with Gasteiger partial charge in [-0.05, 0) is 23.7 Å². The Hall–Kier alpha value is -0.0800. The summed E-state index contributed by atoms with van der Waals surface area (Å²) in [5, 5.41) is 0. The Balaban J connectivity index is 4.95. The maximum atomic E-state index is 6.12. The third-order valence-corrected chi connectivity index (χ3v) is 2.99. The van der Waals surface area contributed by atoms with Gasteiger partial charge in [-0.2, -0.15) is 0 Å². The number of rotatable bonds is 7. The summed E-state index contributed by atoms with van der Waals surface area (Å²) in [5.74, 6) is 0. The molecule has 0 aliphatic heterocycles. The molecule has 18 heavy (non-hydrogen) atoms. The van der Waals surface area contributed by atoms with E-state index in [0.717, 1.165) is 26.1 Å². The average molecular weight is 258 g/mol. The molecule has 2 nitrogen and oxygen atoms in total. The Kier molecular flexibility index (Phi) is 7.46. The van der Waals surface area contributed by atoms with E-state index in [1.165, 1.54) is 0 Å². The van der Waals surface area contributed by atoms with Gasteiger partial charge in [-0.3, -0.25) is 0 Å². The van der Waals surface area contributed by atoms with E-state index >= 15 is 0 Å². The number of ether oxygens (including phenoxy) is 2. The van der Waals surface area contributed by atoms with Crippen molar-refractivity contribution in [2.24, 2.45) is 10.8 Å². The zero-order chi connectivity index (χ0) is 14.4. The van der Waals surface area contributed by atoms with E-state index in [-0.39, 0.29) is 23.0 Å². The molecule has 0 spiro atoms. The Bertz CT molecular complexity index is 186. The van der Waals surface area contributed by atoms with Gasteiger partial charge in [0.05, 0.1) is 12.2 Å². The zero-order valence-electron chi connectivity index (χ0n) is 13.8. The van der Waals surface area contributed by atoms with Crippen LogP contribution in [-0.4, -0.2) is 25.4 Å². The summed E-state index contributed by atoms with van der Waals surface area (Å²) in [7, 11) is 0. The van der Waals surface area contributed by atoms with Gasteiger partial charge in [-0.1, -0.05) is 55.4 Å².